The molecule has 4 aromatic rings. The van der Waals surface area contributed by atoms with E-state index < -0.39 is 18.0 Å². The van der Waals surface area contributed by atoms with Crippen LogP contribution in [0.15, 0.2) is 86.2 Å². The molecule has 0 aliphatic carbocycles. The normalized spacial score (nSPS) is 14.0. The van der Waals surface area contributed by atoms with Gasteiger partial charge in [0.05, 0.1) is 53.8 Å². The van der Waals surface area contributed by atoms with E-state index in [0.29, 0.717) is 55.6 Å². The van der Waals surface area contributed by atoms with Crippen molar-refractivity contribution >= 4 is 45.3 Å². The predicted octanol–water partition coefficient (Wildman–Crippen LogP) is 4.96. The van der Waals surface area contributed by atoms with Crippen molar-refractivity contribution in [1.82, 2.24) is 4.57 Å². The molecule has 2 heterocycles. The molecule has 11 nitrogen and oxygen atoms in total. The summed E-state index contributed by atoms with van der Waals surface area (Å²) in [4.78, 5) is 44.5. The molecular formula is C36H32BrN3O8S. The fourth-order valence-electron chi connectivity index (χ4n) is 5.13. The standard InChI is InChI=1S/C36H32BrN3O8S/c1-5-45-29-16-24(11-13-28(29)48-20-31(41)44-4)33-32(35(43)46-6-2)21(3)39-36-40(33)34(42)30(49-36)17-25-15-26(37)12-14-27(25)47-19-23-9-7-22(18-38)8-10-23/h7-17,33H,5-6,19-20H2,1-4H3/b30-17+/t33-/m0/s1. The van der Waals surface area contributed by atoms with E-state index in [-0.39, 0.29) is 31.0 Å². The van der Waals surface area contributed by atoms with Crippen LogP contribution in [0, 0.1) is 11.3 Å². The largest absolute Gasteiger partial charge is 0.490 e. The Bertz CT molecular complexity index is 2150. The van der Waals surface area contributed by atoms with Gasteiger partial charge in [-0.25, -0.2) is 14.6 Å². The van der Waals surface area contributed by atoms with E-state index >= 15 is 0 Å². The first-order valence-electron chi connectivity index (χ1n) is 15.2. The summed E-state index contributed by atoms with van der Waals surface area (Å²) in [7, 11) is 1.27. The smallest absolute Gasteiger partial charge is 0.343 e. The highest BCUT2D eigenvalue weighted by molar-refractivity contribution is 9.10. The minimum absolute atomic E-state index is 0.130. The van der Waals surface area contributed by atoms with Crippen LogP contribution >= 0.6 is 27.3 Å². The summed E-state index contributed by atoms with van der Waals surface area (Å²) in [5, 5.41) is 9.10. The molecule has 3 aromatic carbocycles. The maximum absolute atomic E-state index is 14.3. The van der Waals surface area contributed by atoms with Gasteiger partial charge in [-0.1, -0.05) is 45.5 Å². The van der Waals surface area contributed by atoms with Gasteiger partial charge in [0.25, 0.3) is 5.56 Å². The Morgan fingerprint density at radius 1 is 1.00 bits per heavy atom. The van der Waals surface area contributed by atoms with E-state index in [9.17, 15) is 14.4 Å². The van der Waals surface area contributed by atoms with Gasteiger partial charge in [0, 0.05) is 10.0 Å². The summed E-state index contributed by atoms with van der Waals surface area (Å²) in [5.41, 5.74) is 2.88. The van der Waals surface area contributed by atoms with Crippen LogP contribution in [0.4, 0.5) is 0 Å². The number of thiazole rings is 1. The number of rotatable bonds is 12. The van der Waals surface area contributed by atoms with E-state index in [4.69, 9.17) is 24.2 Å². The molecular weight excluding hydrogens is 714 g/mol. The highest BCUT2D eigenvalue weighted by atomic mass is 79.9. The van der Waals surface area contributed by atoms with Crippen molar-refractivity contribution < 1.29 is 33.3 Å². The van der Waals surface area contributed by atoms with Crippen LogP contribution in [0.1, 0.15) is 49.1 Å². The van der Waals surface area contributed by atoms with Crippen molar-refractivity contribution in [3.8, 4) is 23.3 Å². The second kappa shape index (κ2) is 15.8. The SMILES string of the molecule is CCOC(=O)C1=C(C)N=c2s/c(=C/c3cc(Br)ccc3OCc3ccc(C#N)cc3)c(=O)n2[C@H]1c1ccc(OCC(=O)OC)c(OCC)c1. The number of hydrogen-bond donors (Lipinski definition) is 0. The predicted molar refractivity (Wildman–Crippen MR) is 185 cm³/mol. The number of ether oxygens (including phenoxy) is 5. The number of aromatic nitrogens is 1. The topological polar surface area (TPSA) is 138 Å². The van der Waals surface area contributed by atoms with Crippen LogP contribution in [-0.4, -0.2) is 43.4 Å². The van der Waals surface area contributed by atoms with Crippen molar-refractivity contribution in [3.05, 3.63) is 118 Å². The molecule has 0 N–H and O–H groups in total. The summed E-state index contributed by atoms with van der Waals surface area (Å²) < 4.78 is 30.4. The number of halogens is 1. The molecule has 5 rings (SSSR count). The molecule has 49 heavy (non-hydrogen) atoms. The van der Waals surface area contributed by atoms with Crippen LogP contribution in [0.5, 0.6) is 17.2 Å². The fraction of sp³-hybridized carbons (Fsp3) is 0.250. The average molecular weight is 747 g/mol. The third-order valence-electron chi connectivity index (χ3n) is 7.41. The molecule has 0 unspecified atom stereocenters. The maximum atomic E-state index is 14.3. The van der Waals surface area contributed by atoms with E-state index in [1.165, 1.54) is 23.0 Å². The molecule has 1 aromatic heterocycles. The van der Waals surface area contributed by atoms with Crippen molar-refractivity contribution in [2.75, 3.05) is 26.9 Å². The van der Waals surface area contributed by atoms with Gasteiger partial charge in [-0.3, -0.25) is 9.36 Å². The summed E-state index contributed by atoms with van der Waals surface area (Å²) >= 11 is 4.71. The van der Waals surface area contributed by atoms with Crippen LogP contribution in [0.2, 0.25) is 0 Å². The lowest BCUT2D eigenvalue weighted by atomic mass is 9.95. The van der Waals surface area contributed by atoms with Crippen molar-refractivity contribution in [1.29, 1.82) is 5.26 Å². The Labute approximate surface area is 294 Å². The highest BCUT2D eigenvalue weighted by Gasteiger charge is 2.34. The van der Waals surface area contributed by atoms with E-state index in [1.54, 1.807) is 57.2 Å². The first-order valence-corrected chi connectivity index (χ1v) is 16.9. The molecule has 1 atom stereocenters. The second-order valence-corrected chi connectivity index (χ2v) is 12.5. The summed E-state index contributed by atoms with van der Waals surface area (Å²) in [5.74, 6) is 0.00173. The Balaban J connectivity index is 1.60. The number of fused-ring (bicyclic) bond motifs is 1. The molecule has 0 bridgehead atoms. The number of carbonyl (C=O) groups excluding carboxylic acids is 2. The number of nitriles is 1. The minimum atomic E-state index is -0.902. The fourth-order valence-corrected chi connectivity index (χ4v) is 6.54. The first-order chi connectivity index (χ1) is 23.7. The van der Waals surface area contributed by atoms with E-state index in [0.717, 1.165) is 10.0 Å². The monoisotopic (exact) mass is 745 g/mol. The minimum Gasteiger partial charge on any atom is -0.490 e. The van der Waals surface area contributed by atoms with Gasteiger partial charge in [-0.05, 0) is 80.4 Å². The molecule has 0 radical (unpaired) electrons. The highest BCUT2D eigenvalue weighted by Crippen LogP contribution is 2.36. The lowest BCUT2D eigenvalue weighted by Gasteiger charge is -2.25. The van der Waals surface area contributed by atoms with Gasteiger partial charge in [0.15, 0.2) is 22.9 Å². The zero-order chi connectivity index (χ0) is 35.1. The van der Waals surface area contributed by atoms with Crippen molar-refractivity contribution in [2.24, 2.45) is 4.99 Å². The van der Waals surface area contributed by atoms with Crippen LogP contribution in [-0.2, 0) is 25.7 Å². The number of benzene rings is 3. The number of esters is 2. The van der Waals surface area contributed by atoms with Crippen LogP contribution < -0.4 is 29.1 Å². The Kier molecular flexibility index (Phi) is 11.3. The molecule has 0 amide bonds. The van der Waals surface area contributed by atoms with Crippen molar-refractivity contribution in [2.45, 2.75) is 33.4 Å². The third kappa shape index (κ3) is 7.93. The number of nitrogens with zero attached hydrogens (tertiary/aromatic N) is 3. The van der Waals surface area contributed by atoms with Crippen LogP contribution in [0.25, 0.3) is 6.08 Å². The molecule has 0 saturated heterocycles. The molecule has 1 aliphatic rings. The second-order valence-electron chi connectivity index (χ2n) is 10.6. The summed E-state index contributed by atoms with van der Waals surface area (Å²) in [6.45, 7) is 5.56. The first kappa shape index (κ1) is 35.1. The summed E-state index contributed by atoms with van der Waals surface area (Å²) in [6.07, 6.45) is 1.73. The Morgan fingerprint density at radius 3 is 2.45 bits per heavy atom. The zero-order valence-electron chi connectivity index (χ0n) is 27.2. The van der Waals surface area contributed by atoms with E-state index in [1.807, 2.05) is 30.3 Å². The third-order valence-corrected chi connectivity index (χ3v) is 8.89. The Hall–Kier alpha value is -5.19. The molecule has 13 heteroatoms. The van der Waals surface area contributed by atoms with Gasteiger partial charge >= 0.3 is 11.9 Å². The van der Waals surface area contributed by atoms with Gasteiger partial charge in [-0.2, -0.15) is 5.26 Å². The average Bonchev–Trinajstić information content (AvgIpc) is 3.40. The summed E-state index contributed by atoms with van der Waals surface area (Å²) in [6, 6.07) is 18.8. The van der Waals surface area contributed by atoms with Crippen molar-refractivity contribution in [3.63, 3.8) is 0 Å². The molecule has 252 valence electrons. The zero-order valence-corrected chi connectivity index (χ0v) is 29.6. The molecule has 0 saturated carbocycles. The van der Waals surface area contributed by atoms with Gasteiger partial charge < -0.3 is 23.7 Å². The molecule has 1 aliphatic heterocycles. The van der Waals surface area contributed by atoms with Gasteiger partial charge in [0.2, 0.25) is 0 Å². The van der Waals surface area contributed by atoms with E-state index in [2.05, 4.69) is 31.7 Å². The number of allylic oxidation sites excluding steroid dienone is 1. The Morgan fingerprint density at radius 2 is 1.76 bits per heavy atom. The quantitative estimate of drug-likeness (QED) is 0.184. The van der Waals surface area contributed by atoms with Gasteiger partial charge in [-0.15, -0.1) is 0 Å². The number of methoxy groups -OCH3 is 1. The lowest BCUT2D eigenvalue weighted by Crippen LogP contribution is -2.40. The van der Waals surface area contributed by atoms with Gasteiger partial charge in [0.1, 0.15) is 12.4 Å². The molecule has 0 fully saturated rings. The number of carbonyl (C=O) groups is 2. The number of hydrogen-bond acceptors (Lipinski definition) is 11. The molecule has 0 spiro atoms. The van der Waals surface area contributed by atoms with Crippen LogP contribution in [0.3, 0.4) is 0 Å². The maximum Gasteiger partial charge on any atom is 0.343 e. The lowest BCUT2D eigenvalue weighted by molar-refractivity contribution is -0.143.